The van der Waals surface area contributed by atoms with Gasteiger partial charge >= 0.3 is 0 Å². The zero-order valence-electron chi connectivity index (χ0n) is 13.8. The standard InChI is InChI=1S/C17H14ClFN2O4S/c1-10-7-16(25-20-10)11-3-6-15(24-2)17(8-11)26(22,23)21-14-5-4-12(19)9-13(14)18/h3-9,21H,1-2H3. The predicted molar refractivity (Wildman–Crippen MR) is 95.4 cm³/mol. The molecule has 0 fully saturated rings. The van der Waals surface area contributed by atoms with E-state index in [1.807, 2.05) is 0 Å². The molecule has 1 N–H and O–H groups in total. The minimum atomic E-state index is -4.06. The second kappa shape index (κ2) is 6.97. The van der Waals surface area contributed by atoms with Crippen LogP contribution in [0.2, 0.25) is 5.02 Å². The van der Waals surface area contributed by atoms with Crippen molar-refractivity contribution < 1.29 is 22.1 Å². The van der Waals surface area contributed by atoms with Crippen molar-refractivity contribution in [2.24, 2.45) is 0 Å². The first-order chi connectivity index (χ1) is 12.3. The van der Waals surface area contributed by atoms with E-state index in [0.717, 1.165) is 12.1 Å². The van der Waals surface area contributed by atoms with Crippen LogP contribution >= 0.6 is 11.6 Å². The van der Waals surface area contributed by atoms with Gasteiger partial charge in [-0.05, 0) is 43.3 Å². The Kier molecular flexibility index (Phi) is 4.88. The first kappa shape index (κ1) is 18.2. The van der Waals surface area contributed by atoms with Gasteiger partial charge < -0.3 is 9.26 Å². The molecule has 0 unspecified atom stereocenters. The van der Waals surface area contributed by atoms with E-state index in [2.05, 4.69) is 9.88 Å². The lowest BCUT2D eigenvalue weighted by molar-refractivity contribution is 0.402. The largest absolute Gasteiger partial charge is 0.495 e. The molecule has 0 bridgehead atoms. The van der Waals surface area contributed by atoms with Gasteiger partial charge in [-0.3, -0.25) is 4.72 Å². The summed E-state index contributed by atoms with van der Waals surface area (Å²) in [4.78, 5) is -0.119. The van der Waals surface area contributed by atoms with Crippen LogP contribution in [0.3, 0.4) is 0 Å². The summed E-state index contributed by atoms with van der Waals surface area (Å²) in [6.45, 7) is 1.76. The lowest BCUT2D eigenvalue weighted by Gasteiger charge is -2.13. The molecule has 2 aromatic carbocycles. The van der Waals surface area contributed by atoms with Gasteiger partial charge in [0.15, 0.2) is 5.76 Å². The molecule has 0 spiro atoms. The molecular weight excluding hydrogens is 383 g/mol. The Labute approximate surface area is 154 Å². The van der Waals surface area contributed by atoms with Crippen LogP contribution in [0.4, 0.5) is 10.1 Å². The number of sulfonamides is 1. The number of anilines is 1. The van der Waals surface area contributed by atoms with Crippen LogP contribution in [0.25, 0.3) is 11.3 Å². The minimum Gasteiger partial charge on any atom is -0.495 e. The number of hydrogen-bond acceptors (Lipinski definition) is 5. The normalized spacial score (nSPS) is 11.4. The molecule has 6 nitrogen and oxygen atoms in total. The van der Waals surface area contributed by atoms with Crippen LogP contribution in [0, 0.1) is 12.7 Å². The molecule has 1 aromatic heterocycles. The van der Waals surface area contributed by atoms with E-state index < -0.39 is 15.8 Å². The van der Waals surface area contributed by atoms with Gasteiger partial charge in [0.2, 0.25) is 0 Å². The average molecular weight is 397 g/mol. The van der Waals surface area contributed by atoms with Crippen molar-refractivity contribution in [2.75, 3.05) is 11.8 Å². The maximum atomic E-state index is 13.2. The highest BCUT2D eigenvalue weighted by Gasteiger charge is 2.22. The Bertz CT molecular complexity index is 1070. The summed E-state index contributed by atoms with van der Waals surface area (Å²) in [7, 11) is -2.70. The van der Waals surface area contributed by atoms with Gasteiger partial charge in [-0.2, -0.15) is 0 Å². The van der Waals surface area contributed by atoms with E-state index in [-0.39, 0.29) is 21.4 Å². The number of hydrogen-bond donors (Lipinski definition) is 1. The molecule has 0 atom stereocenters. The van der Waals surface area contributed by atoms with Gasteiger partial charge in [-0.1, -0.05) is 16.8 Å². The first-order valence-electron chi connectivity index (χ1n) is 7.40. The summed E-state index contributed by atoms with van der Waals surface area (Å²) >= 11 is 5.91. The summed E-state index contributed by atoms with van der Waals surface area (Å²) in [5, 5.41) is 3.73. The van der Waals surface area contributed by atoms with E-state index in [9.17, 15) is 12.8 Å². The smallest absolute Gasteiger partial charge is 0.265 e. The number of aromatic nitrogens is 1. The molecule has 1 heterocycles. The third kappa shape index (κ3) is 3.66. The zero-order valence-corrected chi connectivity index (χ0v) is 15.4. The van der Waals surface area contributed by atoms with Crippen molar-refractivity contribution in [3.8, 4) is 17.1 Å². The molecule has 0 aliphatic rings. The maximum Gasteiger partial charge on any atom is 0.265 e. The Morgan fingerprint density at radius 3 is 2.58 bits per heavy atom. The number of nitrogens with one attached hydrogen (secondary N) is 1. The summed E-state index contributed by atoms with van der Waals surface area (Å²) < 4.78 is 51.5. The third-order valence-corrected chi connectivity index (χ3v) is 5.24. The maximum absolute atomic E-state index is 13.2. The molecular formula is C17H14ClFN2O4S. The number of methoxy groups -OCH3 is 1. The monoisotopic (exact) mass is 396 g/mol. The van der Waals surface area contributed by atoms with Gasteiger partial charge in [0.05, 0.1) is 23.5 Å². The van der Waals surface area contributed by atoms with E-state index in [1.54, 1.807) is 19.1 Å². The second-order valence-corrected chi connectivity index (χ2v) is 7.49. The highest BCUT2D eigenvalue weighted by atomic mass is 35.5. The molecule has 26 heavy (non-hydrogen) atoms. The molecule has 0 radical (unpaired) electrons. The average Bonchev–Trinajstić information content (AvgIpc) is 3.03. The number of ether oxygens (including phenoxy) is 1. The molecule has 3 rings (SSSR count). The number of rotatable bonds is 5. The molecule has 9 heteroatoms. The molecule has 0 saturated heterocycles. The van der Waals surface area contributed by atoms with Crippen LogP contribution in [0.1, 0.15) is 5.69 Å². The van der Waals surface area contributed by atoms with E-state index in [0.29, 0.717) is 17.0 Å². The van der Waals surface area contributed by atoms with Gasteiger partial charge in [-0.15, -0.1) is 0 Å². The van der Waals surface area contributed by atoms with Crippen LogP contribution in [-0.2, 0) is 10.0 Å². The van der Waals surface area contributed by atoms with Crippen molar-refractivity contribution in [1.29, 1.82) is 0 Å². The fourth-order valence-electron chi connectivity index (χ4n) is 2.31. The fraction of sp³-hybridized carbons (Fsp3) is 0.118. The second-order valence-electron chi connectivity index (χ2n) is 5.43. The minimum absolute atomic E-state index is 0.0519. The van der Waals surface area contributed by atoms with E-state index in [1.165, 1.54) is 25.3 Å². The van der Waals surface area contributed by atoms with Crippen molar-refractivity contribution in [3.63, 3.8) is 0 Å². The third-order valence-electron chi connectivity index (χ3n) is 3.54. The van der Waals surface area contributed by atoms with Crippen molar-refractivity contribution in [1.82, 2.24) is 5.16 Å². The highest BCUT2D eigenvalue weighted by Crippen LogP contribution is 2.33. The molecule has 0 aliphatic heterocycles. The van der Waals surface area contributed by atoms with Gasteiger partial charge in [0.1, 0.15) is 16.5 Å². The Hall–Kier alpha value is -2.58. The Balaban J connectivity index is 2.05. The molecule has 0 aliphatic carbocycles. The number of nitrogens with zero attached hydrogens (tertiary/aromatic N) is 1. The molecule has 3 aromatic rings. The lowest BCUT2D eigenvalue weighted by Crippen LogP contribution is -2.14. The quantitative estimate of drug-likeness (QED) is 0.697. The van der Waals surface area contributed by atoms with E-state index >= 15 is 0 Å². The molecule has 136 valence electrons. The topological polar surface area (TPSA) is 81.4 Å². The van der Waals surface area contributed by atoms with Crippen LogP contribution < -0.4 is 9.46 Å². The Morgan fingerprint density at radius 1 is 1.19 bits per heavy atom. The van der Waals surface area contributed by atoms with Crippen LogP contribution in [-0.4, -0.2) is 20.7 Å². The van der Waals surface area contributed by atoms with Crippen molar-refractivity contribution in [3.05, 3.63) is 59.0 Å². The zero-order chi connectivity index (χ0) is 18.9. The lowest BCUT2D eigenvalue weighted by atomic mass is 10.1. The summed E-state index contributed by atoms with van der Waals surface area (Å²) in [6, 6.07) is 9.61. The van der Waals surface area contributed by atoms with E-state index in [4.69, 9.17) is 20.9 Å². The SMILES string of the molecule is COc1ccc(-c2cc(C)no2)cc1S(=O)(=O)Nc1ccc(F)cc1Cl. The summed E-state index contributed by atoms with van der Waals surface area (Å²) in [5.41, 5.74) is 1.23. The van der Waals surface area contributed by atoms with Gasteiger partial charge in [-0.25, -0.2) is 12.8 Å². The predicted octanol–water partition coefficient (Wildman–Crippen LogP) is 4.25. The van der Waals surface area contributed by atoms with Crippen LogP contribution in [0.5, 0.6) is 5.75 Å². The Morgan fingerprint density at radius 2 is 1.96 bits per heavy atom. The molecule has 0 amide bonds. The summed E-state index contributed by atoms with van der Waals surface area (Å²) in [6.07, 6.45) is 0. The van der Waals surface area contributed by atoms with Gasteiger partial charge in [0, 0.05) is 11.6 Å². The number of aryl methyl sites for hydroxylation is 1. The van der Waals surface area contributed by atoms with Crippen molar-refractivity contribution in [2.45, 2.75) is 11.8 Å². The van der Waals surface area contributed by atoms with Crippen LogP contribution in [0.15, 0.2) is 51.9 Å². The van der Waals surface area contributed by atoms with Gasteiger partial charge in [0.25, 0.3) is 10.0 Å². The number of halogens is 2. The highest BCUT2D eigenvalue weighted by molar-refractivity contribution is 7.92. The summed E-state index contributed by atoms with van der Waals surface area (Å²) in [5.74, 6) is -0.0182. The number of benzene rings is 2. The van der Waals surface area contributed by atoms with Crippen molar-refractivity contribution >= 4 is 27.3 Å². The first-order valence-corrected chi connectivity index (χ1v) is 9.26. The fourth-order valence-corrected chi connectivity index (χ4v) is 3.86. The molecule has 0 saturated carbocycles.